The van der Waals surface area contributed by atoms with Gasteiger partial charge in [0.1, 0.15) is 12.1 Å². The zero-order valence-corrected chi connectivity index (χ0v) is 11.4. The fourth-order valence-electron chi connectivity index (χ4n) is 2.46. The molecule has 1 aliphatic carbocycles. The fraction of sp³-hybridized carbons (Fsp3) is 0.615. The van der Waals surface area contributed by atoms with Crippen molar-refractivity contribution in [1.29, 1.82) is 5.26 Å². The molecule has 0 saturated heterocycles. The molecule has 7 heteroatoms. The number of carbonyl (C=O) groups excluding carboxylic acids is 1. The van der Waals surface area contributed by atoms with Crippen LogP contribution in [0.15, 0.2) is 6.20 Å². The van der Waals surface area contributed by atoms with Crippen molar-refractivity contribution in [1.82, 2.24) is 15.0 Å². The number of amides is 1. The second-order valence-electron chi connectivity index (χ2n) is 5.08. The van der Waals surface area contributed by atoms with E-state index in [1.54, 1.807) is 13.1 Å². The lowest BCUT2D eigenvalue weighted by molar-refractivity contribution is 0.0713. The van der Waals surface area contributed by atoms with Crippen LogP contribution in [0.3, 0.4) is 0 Å². The van der Waals surface area contributed by atoms with Crippen molar-refractivity contribution in [2.45, 2.75) is 44.8 Å². The van der Waals surface area contributed by atoms with E-state index in [1.165, 1.54) is 4.68 Å². The molecule has 107 valence electrons. The van der Waals surface area contributed by atoms with Crippen molar-refractivity contribution < 1.29 is 9.53 Å². The summed E-state index contributed by atoms with van der Waals surface area (Å²) in [6.45, 7) is 1.76. The van der Waals surface area contributed by atoms with Crippen LogP contribution in [0.2, 0.25) is 0 Å². The van der Waals surface area contributed by atoms with E-state index in [9.17, 15) is 4.79 Å². The number of nitrogens with zero attached hydrogens (tertiary/aromatic N) is 4. The van der Waals surface area contributed by atoms with Gasteiger partial charge in [0.15, 0.2) is 0 Å². The molecular formula is C13H18N5O2. The highest BCUT2D eigenvalue weighted by Gasteiger charge is 2.25. The van der Waals surface area contributed by atoms with Gasteiger partial charge in [0.2, 0.25) is 0 Å². The third-order valence-corrected chi connectivity index (χ3v) is 3.47. The number of hydrogen-bond acceptors (Lipinski definition) is 5. The monoisotopic (exact) mass is 276 g/mol. The van der Waals surface area contributed by atoms with Gasteiger partial charge in [-0.15, -0.1) is 5.10 Å². The fourth-order valence-corrected chi connectivity index (χ4v) is 2.46. The number of primary amides is 1. The second-order valence-corrected chi connectivity index (χ2v) is 5.08. The molecule has 2 rings (SSSR count). The van der Waals surface area contributed by atoms with Gasteiger partial charge in [-0.1, -0.05) is 5.21 Å². The van der Waals surface area contributed by atoms with Crippen LogP contribution in [0, 0.1) is 23.7 Å². The summed E-state index contributed by atoms with van der Waals surface area (Å²) in [6.07, 6.45) is 6.56. The summed E-state index contributed by atoms with van der Waals surface area (Å²) in [7, 11) is 0. The molecule has 1 unspecified atom stereocenters. The van der Waals surface area contributed by atoms with Gasteiger partial charge >= 0.3 is 6.09 Å². The molecule has 1 heterocycles. The molecule has 0 spiro atoms. The van der Waals surface area contributed by atoms with E-state index < -0.39 is 6.09 Å². The maximum Gasteiger partial charge on any atom is 0.404 e. The number of aromatic nitrogens is 3. The van der Waals surface area contributed by atoms with Crippen LogP contribution in [-0.2, 0) is 4.74 Å². The van der Waals surface area contributed by atoms with Crippen LogP contribution in [-0.4, -0.2) is 27.2 Å². The Kier molecular flexibility index (Phi) is 4.56. The van der Waals surface area contributed by atoms with Gasteiger partial charge in [-0.25, -0.2) is 9.48 Å². The molecular weight excluding hydrogens is 258 g/mol. The van der Waals surface area contributed by atoms with Crippen molar-refractivity contribution in [2.75, 3.05) is 0 Å². The Hall–Kier alpha value is -2.10. The minimum absolute atomic E-state index is 0.115. The largest absolute Gasteiger partial charge is 0.446 e. The number of ether oxygens (including phenoxy) is 1. The number of rotatable bonds is 4. The van der Waals surface area contributed by atoms with E-state index in [0.717, 1.165) is 31.4 Å². The second kappa shape index (κ2) is 6.37. The first-order valence-corrected chi connectivity index (χ1v) is 6.71. The van der Waals surface area contributed by atoms with E-state index in [0.29, 0.717) is 0 Å². The average Bonchev–Trinajstić information content (AvgIpc) is 2.86. The minimum Gasteiger partial charge on any atom is -0.446 e. The van der Waals surface area contributed by atoms with Crippen LogP contribution in [0.25, 0.3) is 0 Å². The molecule has 0 bridgehead atoms. The van der Waals surface area contributed by atoms with Crippen LogP contribution in [0.4, 0.5) is 4.79 Å². The Labute approximate surface area is 117 Å². The van der Waals surface area contributed by atoms with E-state index in [-0.39, 0.29) is 18.1 Å². The predicted octanol–water partition coefficient (Wildman–Crippen LogP) is 1.57. The first-order chi connectivity index (χ1) is 9.58. The summed E-state index contributed by atoms with van der Waals surface area (Å²) in [5, 5.41) is 16.8. The van der Waals surface area contributed by atoms with E-state index in [1.807, 2.05) is 6.42 Å². The first-order valence-electron chi connectivity index (χ1n) is 6.71. The lowest BCUT2D eigenvalue weighted by Gasteiger charge is -2.27. The van der Waals surface area contributed by atoms with E-state index >= 15 is 0 Å². The van der Waals surface area contributed by atoms with Gasteiger partial charge in [0.05, 0.1) is 18.0 Å². The van der Waals surface area contributed by atoms with Gasteiger partial charge in [-0.3, -0.25) is 0 Å². The average molecular weight is 276 g/mol. The molecule has 1 aliphatic rings. The van der Waals surface area contributed by atoms with Crippen LogP contribution < -0.4 is 5.73 Å². The number of nitrogens with two attached hydrogens (primary N) is 1. The zero-order chi connectivity index (χ0) is 14.5. The smallest absolute Gasteiger partial charge is 0.404 e. The molecule has 1 aromatic heterocycles. The molecule has 1 aromatic rings. The highest BCUT2D eigenvalue weighted by Crippen LogP contribution is 2.29. The zero-order valence-electron chi connectivity index (χ0n) is 11.4. The topological polar surface area (TPSA) is 107 Å². The summed E-state index contributed by atoms with van der Waals surface area (Å²) >= 11 is 0. The molecule has 0 aromatic carbocycles. The highest BCUT2D eigenvalue weighted by atomic mass is 16.6. The normalized spacial score (nSPS) is 23.8. The van der Waals surface area contributed by atoms with Gasteiger partial charge in [-0.2, -0.15) is 5.26 Å². The maximum absolute atomic E-state index is 10.8. The van der Waals surface area contributed by atoms with E-state index in [2.05, 4.69) is 16.4 Å². The minimum atomic E-state index is -0.718. The lowest BCUT2D eigenvalue weighted by Crippen LogP contribution is -2.28. The summed E-state index contributed by atoms with van der Waals surface area (Å²) in [4.78, 5) is 10.8. The van der Waals surface area contributed by atoms with Crippen LogP contribution in [0.1, 0.15) is 44.3 Å². The van der Waals surface area contributed by atoms with Crippen LogP contribution >= 0.6 is 0 Å². The summed E-state index contributed by atoms with van der Waals surface area (Å²) in [5.41, 5.74) is 5.79. The predicted molar refractivity (Wildman–Crippen MR) is 70.2 cm³/mol. The number of nitriles is 1. The van der Waals surface area contributed by atoms with Gasteiger partial charge < -0.3 is 10.5 Å². The number of hydrogen-bond donors (Lipinski definition) is 1. The maximum atomic E-state index is 10.8. The molecule has 3 atom stereocenters. The standard InChI is InChI=1S/C13H18N5O2/c1-9(7-14)18-8-11(16-17-18)5-10-3-2-4-12(6-10)20-13(15)19/h5,8-10,12H,2-4,6H2,1H3,(H2,15,19)/t9-,10?,12+/m1/s1. The Balaban J connectivity index is 1.91. The van der Waals surface area contributed by atoms with Crippen LogP contribution in [0.5, 0.6) is 0 Å². The first kappa shape index (κ1) is 14.3. The molecule has 1 amide bonds. The van der Waals surface area contributed by atoms with Crippen molar-refractivity contribution in [3.8, 4) is 6.07 Å². The molecule has 1 fully saturated rings. The Morgan fingerprint density at radius 2 is 2.50 bits per heavy atom. The van der Waals surface area contributed by atoms with Crippen molar-refractivity contribution in [3.63, 3.8) is 0 Å². The Bertz CT molecular complexity index is 507. The van der Waals surface area contributed by atoms with Crippen molar-refractivity contribution in [2.24, 2.45) is 11.7 Å². The van der Waals surface area contributed by atoms with Crippen molar-refractivity contribution >= 4 is 6.09 Å². The molecule has 7 nitrogen and oxygen atoms in total. The van der Waals surface area contributed by atoms with Crippen molar-refractivity contribution in [3.05, 3.63) is 18.3 Å². The molecule has 1 radical (unpaired) electrons. The van der Waals surface area contributed by atoms with Gasteiger partial charge in [-0.05, 0) is 38.5 Å². The molecule has 0 aliphatic heterocycles. The quantitative estimate of drug-likeness (QED) is 0.898. The van der Waals surface area contributed by atoms with Gasteiger partial charge in [0, 0.05) is 6.42 Å². The summed E-state index contributed by atoms with van der Waals surface area (Å²) in [6, 6.07) is 1.77. The summed E-state index contributed by atoms with van der Waals surface area (Å²) in [5.74, 6) is 0.288. The SMILES string of the molecule is C[C@H](C#N)n1cc([CH]C2CCC[C@H](OC(N)=O)C2)nn1. The lowest BCUT2D eigenvalue weighted by atomic mass is 9.84. The molecule has 20 heavy (non-hydrogen) atoms. The molecule has 2 N–H and O–H groups in total. The Morgan fingerprint density at radius 3 is 3.20 bits per heavy atom. The third-order valence-electron chi connectivity index (χ3n) is 3.47. The molecule has 1 saturated carbocycles. The third kappa shape index (κ3) is 3.70. The summed E-state index contributed by atoms with van der Waals surface area (Å²) < 4.78 is 6.59. The Morgan fingerprint density at radius 1 is 1.70 bits per heavy atom. The highest BCUT2D eigenvalue weighted by molar-refractivity contribution is 5.64. The van der Waals surface area contributed by atoms with Gasteiger partial charge in [0.25, 0.3) is 0 Å². The number of carbonyl (C=O) groups is 1. The van der Waals surface area contributed by atoms with E-state index in [4.69, 9.17) is 15.7 Å².